The second-order valence-corrected chi connectivity index (χ2v) is 14.2. The molecule has 0 aromatic carbocycles. The number of hydrogen-bond donors (Lipinski definition) is 2. The first kappa shape index (κ1) is 24.3. The van der Waals surface area contributed by atoms with Crippen molar-refractivity contribution in [3.8, 4) is 0 Å². The molecule has 186 valence electrons. The predicted molar refractivity (Wildman–Crippen MR) is 132 cm³/mol. The molecular weight excluding hydrogens is 432 g/mol. The molecule has 33 heavy (non-hydrogen) atoms. The highest BCUT2D eigenvalue weighted by Crippen LogP contribution is 2.69. The van der Waals surface area contributed by atoms with Crippen LogP contribution < -0.4 is 0 Å². The first-order chi connectivity index (χ1) is 15.6. The fourth-order valence-electron chi connectivity index (χ4n) is 10.1. The summed E-state index contributed by atoms with van der Waals surface area (Å²) in [7, 11) is 0. The van der Waals surface area contributed by atoms with Crippen molar-refractivity contribution in [3.05, 3.63) is 0 Å². The van der Waals surface area contributed by atoms with Crippen molar-refractivity contribution in [3.63, 3.8) is 0 Å². The summed E-state index contributed by atoms with van der Waals surface area (Å²) in [6.45, 7) is 9.53. The molecule has 4 aliphatic carbocycles. The molecule has 0 aromatic heterocycles. The number of Topliss-reactive ketones (excluding diaryl/α,β-unsaturated/α-hetero) is 1. The van der Waals surface area contributed by atoms with Gasteiger partial charge in [0.25, 0.3) is 0 Å². The molecule has 1 saturated heterocycles. The number of fused-ring (bicyclic) bond motifs is 5. The lowest BCUT2D eigenvalue weighted by atomic mass is 9.41. The number of carbonyl (C=O) groups excluding carboxylic acids is 2. The Labute approximate surface area is 204 Å². The molecule has 0 radical (unpaired) electrons. The van der Waals surface area contributed by atoms with E-state index in [0.29, 0.717) is 41.4 Å². The molecule has 5 heteroatoms. The average Bonchev–Trinajstić information content (AvgIpc) is 3.27. The van der Waals surface area contributed by atoms with Crippen molar-refractivity contribution in [2.24, 2.45) is 52.3 Å². The third kappa shape index (κ3) is 3.69. The standard InChI is InChI=1S/C28H44O4S/c1-5-17-21-13-16(29)8-10-28(21,4)20-9-11-27(3)18(6-7-19(27)25(20)26(17)32)15(2)12-23-22(30)14-24(31)33-23/h15-21,23,25-26,29,32H,5-14H2,1-4H3/t15-,16-,17-,18-,19?,20?,21+,23-,25+,26-,27-,28-/m1/s1. The third-order valence-corrected chi connectivity index (χ3v) is 12.8. The van der Waals surface area contributed by atoms with Gasteiger partial charge in [-0.25, -0.2) is 0 Å². The Bertz CT molecular complexity index is 799. The summed E-state index contributed by atoms with van der Waals surface area (Å²) in [6, 6.07) is 0. The molecule has 2 N–H and O–H groups in total. The summed E-state index contributed by atoms with van der Waals surface area (Å²) in [4.78, 5) is 24.1. The van der Waals surface area contributed by atoms with E-state index >= 15 is 0 Å². The quantitative estimate of drug-likeness (QED) is 0.543. The summed E-state index contributed by atoms with van der Waals surface area (Å²) < 4.78 is 0. The van der Waals surface area contributed by atoms with Crippen LogP contribution in [0.3, 0.4) is 0 Å². The van der Waals surface area contributed by atoms with Crippen LogP contribution in [0.5, 0.6) is 0 Å². The Kier molecular flexibility index (Phi) is 6.35. The highest BCUT2D eigenvalue weighted by atomic mass is 32.2. The van der Waals surface area contributed by atoms with Crippen molar-refractivity contribution in [1.29, 1.82) is 0 Å². The van der Waals surface area contributed by atoms with Crippen molar-refractivity contribution < 1.29 is 19.8 Å². The van der Waals surface area contributed by atoms with Gasteiger partial charge in [0.2, 0.25) is 0 Å². The van der Waals surface area contributed by atoms with Gasteiger partial charge in [0.05, 0.1) is 23.9 Å². The van der Waals surface area contributed by atoms with Crippen molar-refractivity contribution >= 4 is 22.7 Å². The molecule has 1 aliphatic heterocycles. The number of ketones is 1. The maximum Gasteiger partial charge on any atom is 0.197 e. The smallest absolute Gasteiger partial charge is 0.197 e. The molecule has 5 rings (SSSR count). The predicted octanol–water partition coefficient (Wildman–Crippen LogP) is 5.24. The van der Waals surface area contributed by atoms with E-state index in [4.69, 9.17) is 0 Å². The molecule has 0 aromatic rings. The minimum absolute atomic E-state index is 0.0459. The van der Waals surface area contributed by atoms with E-state index < -0.39 is 0 Å². The lowest BCUT2D eigenvalue weighted by Gasteiger charge is -2.64. The van der Waals surface area contributed by atoms with Crippen LogP contribution in [0.25, 0.3) is 0 Å². The van der Waals surface area contributed by atoms with Gasteiger partial charge in [-0.3, -0.25) is 9.59 Å². The van der Waals surface area contributed by atoms with Crippen molar-refractivity contribution in [2.45, 2.75) is 109 Å². The van der Waals surface area contributed by atoms with E-state index in [1.54, 1.807) is 0 Å². The molecule has 0 spiro atoms. The van der Waals surface area contributed by atoms with E-state index in [1.807, 2.05) is 0 Å². The van der Waals surface area contributed by atoms with Crippen LogP contribution in [0, 0.1) is 52.3 Å². The monoisotopic (exact) mass is 476 g/mol. The molecule has 4 nitrogen and oxygen atoms in total. The fourth-order valence-corrected chi connectivity index (χ4v) is 11.3. The van der Waals surface area contributed by atoms with Crippen LogP contribution in [-0.2, 0) is 9.59 Å². The van der Waals surface area contributed by atoms with Gasteiger partial charge in [0, 0.05) is 0 Å². The third-order valence-electron chi connectivity index (χ3n) is 11.7. The summed E-state index contributed by atoms with van der Waals surface area (Å²) in [5.41, 5.74) is 0.454. The second kappa shape index (κ2) is 8.62. The van der Waals surface area contributed by atoms with Crippen molar-refractivity contribution in [2.75, 3.05) is 0 Å². The number of hydrogen-bond acceptors (Lipinski definition) is 5. The maximum absolute atomic E-state index is 12.3. The number of aliphatic hydroxyl groups is 2. The zero-order valence-electron chi connectivity index (χ0n) is 21.0. The molecule has 2 unspecified atom stereocenters. The van der Waals surface area contributed by atoms with Gasteiger partial charge in [-0.1, -0.05) is 45.9 Å². The minimum atomic E-state index is -0.258. The highest BCUT2D eigenvalue weighted by Gasteiger charge is 2.65. The topological polar surface area (TPSA) is 74.6 Å². The van der Waals surface area contributed by atoms with Gasteiger partial charge in [-0.15, -0.1) is 0 Å². The first-order valence-corrected chi connectivity index (χ1v) is 14.6. The molecule has 1 heterocycles. The van der Waals surface area contributed by atoms with Gasteiger partial charge < -0.3 is 10.2 Å². The van der Waals surface area contributed by atoms with E-state index in [9.17, 15) is 19.8 Å². The molecule has 12 atom stereocenters. The molecule has 5 fully saturated rings. The van der Waals surface area contributed by atoms with Crippen LogP contribution in [0.4, 0.5) is 0 Å². The highest BCUT2D eigenvalue weighted by molar-refractivity contribution is 8.15. The SMILES string of the molecule is CC[C@H]1[C@@H](O)[C@H]2C3CC[C@H]([C@H](C)C[C@H]4SC(=O)CC4=O)[C@@]3(C)CCC2[C@@]2(C)CC[C@@H](O)C[C@@H]12. The molecule has 0 bridgehead atoms. The Morgan fingerprint density at radius 3 is 2.36 bits per heavy atom. The van der Waals surface area contributed by atoms with Gasteiger partial charge in [-0.2, -0.15) is 0 Å². The van der Waals surface area contributed by atoms with E-state index in [0.717, 1.165) is 32.1 Å². The first-order valence-electron chi connectivity index (χ1n) is 13.7. The molecule has 4 saturated carbocycles. The average molecular weight is 477 g/mol. The zero-order chi connectivity index (χ0) is 23.7. The van der Waals surface area contributed by atoms with E-state index in [2.05, 4.69) is 27.7 Å². The summed E-state index contributed by atoms with van der Waals surface area (Å²) >= 11 is 1.27. The number of thioether (sulfide) groups is 1. The van der Waals surface area contributed by atoms with Crippen LogP contribution in [0.1, 0.15) is 91.9 Å². The summed E-state index contributed by atoms with van der Waals surface area (Å²) in [6.07, 6.45) is 9.14. The maximum atomic E-state index is 12.3. The summed E-state index contributed by atoms with van der Waals surface area (Å²) in [5.74, 6) is 3.34. The Balaban J connectivity index is 1.39. The lowest BCUT2D eigenvalue weighted by Crippen LogP contribution is -2.62. The second-order valence-electron chi connectivity index (χ2n) is 13.0. The van der Waals surface area contributed by atoms with Crippen LogP contribution in [-0.4, -0.2) is 38.6 Å². The Morgan fingerprint density at radius 2 is 1.70 bits per heavy atom. The summed E-state index contributed by atoms with van der Waals surface area (Å²) in [5, 5.41) is 22.2. The zero-order valence-corrected chi connectivity index (χ0v) is 21.8. The van der Waals surface area contributed by atoms with Crippen molar-refractivity contribution in [1.82, 2.24) is 0 Å². The molecular formula is C28H44O4S. The lowest BCUT2D eigenvalue weighted by molar-refractivity contribution is -0.203. The Hall–Kier alpha value is -0.390. The number of aliphatic hydroxyl groups excluding tert-OH is 2. The van der Waals surface area contributed by atoms with Gasteiger partial charge in [-0.05, 0) is 104 Å². The fraction of sp³-hybridized carbons (Fsp3) is 0.929. The number of carbonyl (C=O) groups is 2. The van der Waals surface area contributed by atoms with E-state index in [1.165, 1.54) is 37.4 Å². The van der Waals surface area contributed by atoms with Gasteiger partial charge >= 0.3 is 0 Å². The minimum Gasteiger partial charge on any atom is -0.393 e. The van der Waals surface area contributed by atoms with Crippen LogP contribution >= 0.6 is 11.8 Å². The largest absolute Gasteiger partial charge is 0.393 e. The molecule has 5 aliphatic rings. The molecule has 0 amide bonds. The van der Waals surface area contributed by atoms with Crippen LogP contribution in [0.2, 0.25) is 0 Å². The van der Waals surface area contributed by atoms with Crippen LogP contribution in [0.15, 0.2) is 0 Å². The van der Waals surface area contributed by atoms with E-state index in [-0.39, 0.29) is 45.6 Å². The Morgan fingerprint density at radius 1 is 1.00 bits per heavy atom. The van der Waals surface area contributed by atoms with Gasteiger partial charge in [0.1, 0.15) is 0 Å². The van der Waals surface area contributed by atoms with Gasteiger partial charge in [0.15, 0.2) is 10.9 Å². The normalized spacial score (nSPS) is 52.8. The number of rotatable bonds is 4.